The Kier molecular flexibility index (Phi) is 19.2. The lowest BCUT2D eigenvalue weighted by Gasteiger charge is -2.44. The van der Waals surface area contributed by atoms with Crippen molar-refractivity contribution in [1.29, 1.82) is 0 Å². The molecule has 1 saturated heterocycles. The van der Waals surface area contributed by atoms with E-state index in [9.17, 15) is 24.0 Å². The summed E-state index contributed by atoms with van der Waals surface area (Å²) in [4.78, 5) is 60.3. The van der Waals surface area contributed by atoms with Crippen molar-refractivity contribution >= 4 is 47.4 Å². The molecule has 1 amide bonds. The minimum Gasteiger partial charge on any atom is -0.469 e. The number of carbonyl (C=O) groups excluding carboxylic acids is 5. The van der Waals surface area contributed by atoms with E-state index >= 15 is 0 Å². The molecule has 0 radical (unpaired) electrons. The molecule has 1 heterocycles. The first-order valence-corrected chi connectivity index (χ1v) is 16.7. The normalized spacial score (nSPS) is 21.4. The van der Waals surface area contributed by atoms with Crippen LogP contribution in [0.4, 0.5) is 4.79 Å². The number of amides is 1. The van der Waals surface area contributed by atoms with Crippen LogP contribution in [-0.2, 0) is 52.3 Å². The number of nitrogens with one attached hydrogen (secondary N) is 2. The van der Waals surface area contributed by atoms with E-state index in [1.165, 1.54) is 32.6 Å². The van der Waals surface area contributed by atoms with Crippen LogP contribution in [0.25, 0.3) is 0 Å². The summed E-state index contributed by atoms with van der Waals surface area (Å²) >= 11 is 5.42. The van der Waals surface area contributed by atoms with Gasteiger partial charge in [0.15, 0.2) is 24.5 Å². The monoisotopic (exact) mass is 690 g/mol. The predicted molar refractivity (Wildman–Crippen MR) is 174 cm³/mol. The average molecular weight is 691 g/mol. The molecule has 1 rings (SSSR count). The van der Waals surface area contributed by atoms with Crippen LogP contribution in [0.1, 0.15) is 113 Å². The lowest BCUT2D eigenvalue weighted by Crippen LogP contribution is -2.66. The number of thiocarbonyl (C=S) groups is 1. The van der Waals surface area contributed by atoms with Crippen molar-refractivity contribution in [3.8, 4) is 0 Å². The van der Waals surface area contributed by atoms with Crippen molar-refractivity contribution in [2.45, 2.75) is 155 Å². The number of rotatable bonds is 18. The van der Waals surface area contributed by atoms with Gasteiger partial charge in [-0.15, -0.1) is 0 Å². The molecule has 270 valence electrons. The summed E-state index contributed by atoms with van der Waals surface area (Å²) in [6.45, 7) is 11.7. The fraction of sp³-hybridized carbons (Fsp3) is 0.812. The Morgan fingerprint density at radius 2 is 1.28 bits per heavy atom. The van der Waals surface area contributed by atoms with Gasteiger partial charge in [-0.05, 0) is 39.4 Å². The molecule has 0 bridgehead atoms. The Labute approximate surface area is 283 Å². The topological polar surface area (TPSA) is 174 Å². The molecule has 0 aromatic heterocycles. The van der Waals surface area contributed by atoms with Gasteiger partial charge in [-0.1, -0.05) is 58.3 Å². The third-order valence-corrected chi connectivity index (χ3v) is 7.03. The zero-order chi connectivity index (χ0) is 35.6. The zero-order valence-electron chi connectivity index (χ0n) is 29.0. The maximum absolute atomic E-state index is 12.6. The molecule has 47 heavy (non-hydrogen) atoms. The zero-order valence-corrected chi connectivity index (χ0v) is 29.9. The van der Waals surface area contributed by atoms with Crippen molar-refractivity contribution in [3.05, 3.63) is 0 Å². The molecule has 1 aliphatic rings. The number of hydrogen-bond acceptors (Lipinski definition) is 13. The van der Waals surface area contributed by atoms with Gasteiger partial charge in [0.25, 0.3) is 5.17 Å². The summed E-state index contributed by atoms with van der Waals surface area (Å²) in [5, 5.41) is 5.47. The average Bonchev–Trinajstić information content (AvgIpc) is 2.93. The molecule has 0 aromatic rings. The highest BCUT2D eigenvalue weighted by molar-refractivity contribution is 7.80. The number of alkyl carbamates (subject to hydrolysis) is 1. The summed E-state index contributed by atoms with van der Waals surface area (Å²) in [6.07, 6.45) is 2.51. The smallest absolute Gasteiger partial charge is 0.407 e. The van der Waals surface area contributed by atoms with E-state index < -0.39 is 72.3 Å². The van der Waals surface area contributed by atoms with Crippen LogP contribution in [0.5, 0.6) is 0 Å². The fourth-order valence-corrected chi connectivity index (χ4v) is 5.06. The van der Waals surface area contributed by atoms with E-state index in [1.54, 1.807) is 20.8 Å². The first kappa shape index (κ1) is 41.8. The predicted octanol–water partition coefficient (Wildman–Crippen LogP) is 4.38. The minimum absolute atomic E-state index is 0.0210. The van der Waals surface area contributed by atoms with Crippen LogP contribution in [0, 0.1) is 0 Å². The standard InChI is InChI=1S/C32H54N2O12S/c1-9-10-11-12-13-14-15-16-17-24(33-30(39)46-32(6,7)8)18-41-31(47)34-29-28(44-23(5)38)27(43-22(4)37)26(42-21(3)36)25(45-29)19-40-20(2)35/h24-29H,9-19H2,1-8H3,(H,33,39)(H,34,47)/t24-,25-,26-,27+,28-,29-/m1/s1. The van der Waals surface area contributed by atoms with Gasteiger partial charge in [-0.3, -0.25) is 19.2 Å². The van der Waals surface area contributed by atoms with Crippen molar-refractivity contribution < 1.29 is 57.1 Å². The third-order valence-electron chi connectivity index (χ3n) is 6.79. The quantitative estimate of drug-likeness (QED) is 0.0897. The van der Waals surface area contributed by atoms with Crippen LogP contribution in [-0.4, -0.2) is 90.6 Å². The van der Waals surface area contributed by atoms with E-state index in [2.05, 4.69) is 17.6 Å². The molecular formula is C32H54N2O12S. The second-order valence-corrected chi connectivity index (χ2v) is 12.8. The SMILES string of the molecule is CCCCCCCCCC[C@H](COC(=S)N[C@@H]1O[C@H](COC(C)=O)[C@@H](OC(C)=O)[C@H](OC(C)=O)[C@H]1OC(C)=O)NC(=O)OC(C)(C)C. The second kappa shape index (κ2) is 21.6. The fourth-order valence-electron chi connectivity index (χ4n) is 4.87. The van der Waals surface area contributed by atoms with Gasteiger partial charge in [0.1, 0.15) is 24.9 Å². The van der Waals surface area contributed by atoms with Crippen molar-refractivity contribution in [2.75, 3.05) is 13.2 Å². The number of ether oxygens (including phenoxy) is 7. The second-order valence-electron chi connectivity index (χ2n) is 12.5. The van der Waals surface area contributed by atoms with E-state index in [-0.39, 0.29) is 18.4 Å². The van der Waals surface area contributed by atoms with Crippen LogP contribution in [0.15, 0.2) is 0 Å². The maximum atomic E-state index is 12.6. The summed E-state index contributed by atoms with van der Waals surface area (Å²) in [5.74, 6) is -2.88. The van der Waals surface area contributed by atoms with Crippen molar-refractivity contribution in [3.63, 3.8) is 0 Å². The molecule has 15 heteroatoms. The molecule has 0 aliphatic carbocycles. The lowest BCUT2D eigenvalue weighted by atomic mass is 9.97. The Balaban J connectivity index is 3.07. The van der Waals surface area contributed by atoms with Gasteiger partial charge in [-0.25, -0.2) is 4.79 Å². The number of carbonyl (C=O) groups is 5. The Morgan fingerprint density at radius 1 is 0.745 bits per heavy atom. The van der Waals surface area contributed by atoms with Gasteiger partial charge in [0, 0.05) is 27.7 Å². The van der Waals surface area contributed by atoms with E-state index in [0.29, 0.717) is 6.42 Å². The Hall–Kier alpha value is -3.20. The molecule has 1 aliphatic heterocycles. The number of esters is 4. The highest BCUT2D eigenvalue weighted by Gasteiger charge is 2.52. The molecule has 0 saturated carbocycles. The first-order valence-electron chi connectivity index (χ1n) is 16.3. The van der Waals surface area contributed by atoms with E-state index in [4.69, 9.17) is 45.4 Å². The number of hydrogen-bond donors (Lipinski definition) is 2. The van der Waals surface area contributed by atoms with Gasteiger partial charge in [0.05, 0.1) is 6.04 Å². The van der Waals surface area contributed by atoms with Crippen molar-refractivity contribution in [1.82, 2.24) is 10.6 Å². The Bertz CT molecular complexity index is 1030. The molecule has 0 spiro atoms. The highest BCUT2D eigenvalue weighted by Crippen LogP contribution is 2.28. The van der Waals surface area contributed by atoms with Crippen LogP contribution in [0.3, 0.4) is 0 Å². The largest absolute Gasteiger partial charge is 0.469 e. The van der Waals surface area contributed by atoms with Gasteiger partial charge in [-0.2, -0.15) is 0 Å². The molecular weight excluding hydrogens is 636 g/mol. The maximum Gasteiger partial charge on any atom is 0.407 e. The highest BCUT2D eigenvalue weighted by atomic mass is 32.1. The van der Waals surface area contributed by atoms with Crippen LogP contribution < -0.4 is 10.6 Å². The molecule has 14 nitrogen and oxygen atoms in total. The van der Waals surface area contributed by atoms with Gasteiger partial charge >= 0.3 is 30.0 Å². The van der Waals surface area contributed by atoms with E-state index in [0.717, 1.165) is 46.5 Å². The van der Waals surface area contributed by atoms with E-state index in [1.807, 2.05) is 0 Å². The molecule has 6 atom stereocenters. The summed E-state index contributed by atoms with van der Waals surface area (Å²) in [5.41, 5.74) is -0.694. The van der Waals surface area contributed by atoms with Gasteiger partial charge in [0.2, 0.25) is 0 Å². The number of unbranched alkanes of at least 4 members (excludes halogenated alkanes) is 7. The molecule has 0 unspecified atom stereocenters. The van der Waals surface area contributed by atoms with Gasteiger partial charge < -0.3 is 43.8 Å². The lowest BCUT2D eigenvalue weighted by molar-refractivity contribution is -0.255. The molecule has 1 fully saturated rings. The Morgan fingerprint density at radius 3 is 1.81 bits per heavy atom. The summed E-state index contributed by atoms with van der Waals surface area (Å²) in [6, 6.07) is -0.444. The van der Waals surface area contributed by atoms with Crippen LogP contribution >= 0.6 is 12.2 Å². The van der Waals surface area contributed by atoms with Crippen LogP contribution in [0.2, 0.25) is 0 Å². The molecule has 0 aromatic carbocycles. The molecule has 2 N–H and O–H groups in total. The van der Waals surface area contributed by atoms with Crippen molar-refractivity contribution in [2.24, 2.45) is 0 Å². The first-order chi connectivity index (χ1) is 22.0. The summed E-state index contributed by atoms with van der Waals surface area (Å²) < 4.78 is 38.6. The third kappa shape index (κ3) is 18.7. The summed E-state index contributed by atoms with van der Waals surface area (Å²) in [7, 11) is 0. The minimum atomic E-state index is -1.36.